The first-order valence-corrected chi connectivity index (χ1v) is 25.9. The normalized spacial score (nSPS) is 31.3. The lowest BCUT2D eigenvalue weighted by atomic mass is 9.51. The van der Waals surface area contributed by atoms with E-state index in [4.69, 9.17) is 52.5 Å². The van der Waals surface area contributed by atoms with Gasteiger partial charge in [0.1, 0.15) is 59.4 Å². The molecule has 17 nitrogen and oxygen atoms in total. The lowest BCUT2D eigenvalue weighted by molar-refractivity contribution is -0.373. The number of aliphatic hydroxyl groups excluding tert-OH is 3. The van der Waals surface area contributed by atoms with E-state index in [9.17, 15) is 19.8 Å². The second-order valence-electron chi connectivity index (χ2n) is 22.3. The minimum atomic E-state index is -1.77. The van der Waals surface area contributed by atoms with Crippen LogP contribution in [0.5, 0.6) is 23.0 Å². The van der Waals surface area contributed by atoms with Crippen molar-refractivity contribution in [1.29, 1.82) is 0 Å². The Morgan fingerprint density at radius 1 is 0.880 bits per heavy atom. The maximum atomic E-state index is 15.9. The number of Topliss-reactive ketones (excluding diaryl/α,β-unsaturated/α-hetero) is 2. The van der Waals surface area contributed by atoms with Gasteiger partial charge in [0.05, 0.1) is 43.2 Å². The molecule has 8 aliphatic rings. The number of carbonyl (C=O) groups excluding carboxylic acids is 4. The van der Waals surface area contributed by atoms with Crippen LogP contribution in [0.2, 0.25) is 0 Å². The van der Waals surface area contributed by atoms with Gasteiger partial charge in [-0.1, -0.05) is 35.5 Å². The molecule has 2 aromatic carbocycles. The Hall–Kier alpha value is -5.50. The maximum absolute atomic E-state index is 15.9. The Morgan fingerprint density at radius 2 is 1.61 bits per heavy atom. The van der Waals surface area contributed by atoms with Crippen molar-refractivity contribution in [3.05, 3.63) is 99.2 Å². The zero-order valence-electron chi connectivity index (χ0n) is 44.4. The molecule has 10 rings (SSSR count). The molecule has 1 saturated carbocycles. The molecule has 5 heterocycles. The van der Waals surface area contributed by atoms with E-state index in [1.54, 1.807) is 32.9 Å². The standard InChI is InChI=1S/C58H70O17/c1-31(2)12-11-21-56(10)22-20-38-46(73-56)37(18-13-32(3)4)48-42(47(38)71-52(65)34-14-16-36(17-15-34)69-53-45(62)44(61)49-40(70-53)30-68-55(8,9)72-49)43(60)39-28-35-29-41-54(6,7)75-57(50(35)63,58(39,41)74-48)23-19-33(5)51(64)67-27-26-66-25-24-59/h12-17,19-20,22,28,35,40-41,44-45,49,53,59,61-62H,11,18,21,23-27,29-30H2,1-10H3/b33-19-/t35?,40-,41?,44-,45-,49-,53-,56?,57?,58?/m1/s1. The minimum absolute atomic E-state index is 0.0112. The summed E-state index contributed by atoms with van der Waals surface area (Å²) < 4.78 is 62.2. The summed E-state index contributed by atoms with van der Waals surface area (Å²) in [6.07, 6.45) is 7.22. The summed E-state index contributed by atoms with van der Waals surface area (Å²) in [6.45, 7) is 18.8. The van der Waals surface area contributed by atoms with Crippen LogP contribution in [0.1, 0.15) is 127 Å². The van der Waals surface area contributed by atoms with Crippen LogP contribution in [0, 0.1) is 11.8 Å². The van der Waals surface area contributed by atoms with E-state index in [0.29, 0.717) is 36.1 Å². The van der Waals surface area contributed by atoms with Gasteiger partial charge in [-0.2, -0.15) is 0 Å². The summed E-state index contributed by atoms with van der Waals surface area (Å²) >= 11 is 0. The average Bonchev–Trinajstić information content (AvgIpc) is 3.55. The van der Waals surface area contributed by atoms with Crippen molar-refractivity contribution in [2.45, 2.75) is 160 Å². The van der Waals surface area contributed by atoms with Crippen molar-refractivity contribution in [3.63, 3.8) is 0 Å². The SMILES string of the molecule is CC(C)=CCCC1(C)C=Cc2c(c(CC=C(C)C)c3c(c2OC(=O)c2ccc(O[C@@H]4O[C@@H]5COC(C)(C)O[C@H]5[C@H](O)[C@H]4O)cc2)C(=O)C2=CC4CC5C(C)(C)OC(C/C=C(/C)C(=O)OCCOCCO)(C4=O)C25O3)O1. The fourth-order valence-electron chi connectivity index (χ4n) is 11.6. The summed E-state index contributed by atoms with van der Waals surface area (Å²) in [5.74, 6) is -3.90. The molecular formula is C58H70O17. The topological polar surface area (TPSA) is 221 Å². The lowest BCUT2D eigenvalue weighted by Crippen LogP contribution is -2.72. The molecule has 1 spiro atoms. The maximum Gasteiger partial charge on any atom is 0.343 e. The smallest absolute Gasteiger partial charge is 0.343 e. The Kier molecular flexibility index (Phi) is 14.8. The van der Waals surface area contributed by atoms with E-state index in [-0.39, 0.29) is 91.2 Å². The van der Waals surface area contributed by atoms with Crippen molar-refractivity contribution >= 4 is 29.6 Å². The van der Waals surface area contributed by atoms with E-state index in [2.05, 4.69) is 6.08 Å². The number of fused-ring (bicyclic) bond motifs is 3. The zero-order valence-corrected chi connectivity index (χ0v) is 44.4. The number of aliphatic hydroxyl groups is 3. The zero-order chi connectivity index (χ0) is 54.0. The van der Waals surface area contributed by atoms with Gasteiger partial charge < -0.3 is 62.7 Å². The van der Waals surface area contributed by atoms with Crippen LogP contribution in [-0.4, -0.2) is 131 Å². The number of rotatable bonds is 17. The fraction of sp³-hybridized carbons (Fsp3) is 0.552. The molecule has 3 saturated heterocycles. The van der Waals surface area contributed by atoms with Crippen LogP contribution in [0.15, 0.2) is 76.9 Å². The van der Waals surface area contributed by atoms with Gasteiger partial charge in [-0.3, -0.25) is 9.59 Å². The summed E-state index contributed by atoms with van der Waals surface area (Å²) in [5, 5.41) is 31.0. The fourth-order valence-corrected chi connectivity index (χ4v) is 11.6. The van der Waals surface area contributed by atoms with Gasteiger partial charge in [0, 0.05) is 35.0 Å². The molecule has 10 atom stereocenters. The highest BCUT2D eigenvalue weighted by molar-refractivity contribution is 6.19. The van der Waals surface area contributed by atoms with Gasteiger partial charge in [-0.15, -0.1) is 0 Å². The van der Waals surface area contributed by atoms with Gasteiger partial charge in [0.15, 0.2) is 34.3 Å². The second-order valence-corrected chi connectivity index (χ2v) is 22.3. The molecule has 0 aromatic heterocycles. The third-order valence-corrected chi connectivity index (χ3v) is 15.3. The molecule has 3 aliphatic carbocycles. The molecular weight excluding hydrogens is 969 g/mol. The number of allylic oxidation sites excluding steroid dienone is 5. The van der Waals surface area contributed by atoms with Crippen LogP contribution < -0.4 is 18.9 Å². The summed E-state index contributed by atoms with van der Waals surface area (Å²) in [5.41, 5.74) is -1.82. The Bertz CT molecular complexity index is 2770. The Balaban J connectivity index is 1.11. The number of benzene rings is 2. The second kappa shape index (κ2) is 20.5. The van der Waals surface area contributed by atoms with Crippen molar-refractivity contribution in [2.24, 2.45) is 11.8 Å². The van der Waals surface area contributed by atoms with Crippen molar-refractivity contribution < 1.29 is 81.9 Å². The average molecular weight is 1040 g/mol. The number of hydrogen-bond donors (Lipinski definition) is 3. The van der Waals surface area contributed by atoms with Crippen molar-refractivity contribution in [1.82, 2.24) is 0 Å². The number of hydrogen-bond acceptors (Lipinski definition) is 17. The largest absolute Gasteiger partial charge is 0.482 e. The third kappa shape index (κ3) is 9.84. The lowest BCUT2D eigenvalue weighted by Gasteiger charge is -2.56. The molecule has 4 fully saturated rings. The molecule has 75 heavy (non-hydrogen) atoms. The van der Waals surface area contributed by atoms with Gasteiger partial charge >= 0.3 is 11.9 Å². The first-order chi connectivity index (χ1) is 35.4. The summed E-state index contributed by atoms with van der Waals surface area (Å²) in [6, 6.07) is 5.93. The predicted octanol–water partition coefficient (Wildman–Crippen LogP) is 7.20. The van der Waals surface area contributed by atoms with E-state index in [1.807, 2.05) is 66.7 Å². The van der Waals surface area contributed by atoms with Crippen molar-refractivity contribution in [3.8, 4) is 23.0 Å². The first kappa shape index (κ1) is 54.3. The highest BCUT2D eigenvalue weighted by Crippen LogP contribution is 2.69. The quantitative estimate of drug-likeness (QED) is 0.0469. The molecule has 0 radical (unpaired) electrons. The Morgan fingerprint density at radius 3 is 2.32 bits per heavy atom. The predicted molar refractivity (Wildman–Crippen MR) is 271 cm³/mol. The van der Waals surface area contributed by atoms with E-state index < -0.39 is 88.5 Å². The third-order valence-electron chi connectivity index (χ3n) is 15.3. The number of carbonyl (C=O) groups is 4. The Labute approximate surface area is 437 Å². The molecule has 2 aromatic rings. The molecule has 3 N–H and O–H groups in total. The number of ketones is 2. The van der Waals surface area contributed by atoms with Gasteiger partial charge in [-0.05, 0) is 131 Å². The van der Waals surface area contributed by atoms with Crippen LogP contribution in [-0.2, 0) is 44.4 Å². The number of esters is 2. The molecule has 4 bridgehead atoms. The van der Waals surface area contributed by atoms with Crippen molar-refractivity contribution in [2.75, 3.05) is 33.0 Å². The van der Waals surface area contributed by atoms with E-state index in [1.165, 1.54) is 24.3 Å². The van der Waals surface area contributed by atoms with Crippen LogP contribution in [0.25, 0.3) is 6.08 Å². The summed E-state index contributed by atoms with van der Waals surface area (Å²) in [4.78, 5) is 58.8. The van der Waals surface area contributed by atoms with Crippen LogP contribution in [0.4, 0.5) is 0 Å². The van der Waals surface area contributed by atoms with E-state index >= 15 is 9.59 Å². The molecule has 404 valence electrons. The highest BCUT2D eigenvalue weighted by Gasteiger charge is 2.81. The molecule has 0 amide bonds. The van der Waals surface area contributed by atoms with E-state index in [0.717, 1.165) is 11.1 Å². The number of ether oxygens (including phenoxy) is 10. The molecule has 5 unspecified atom stereocenters. The van der Waals surface area contributed by atoms with Gasteiger partial charge in [-0.25, -0.2) is 9.59 Å². The van der Waals surface area contributed by atoms with Crippen LogP contribution in [0.3, 0.4) is 0 Å². The highest BCUT2D eigenvalue weighted by atomic mass is 16.8. The van der Waals surface area contributed by atoms with Gasteiger partial charge in [0.2, 0.25) is 6.29 Å². The minimum Gasteiger partial charge on any atom is -0.482 e. The monoisotopic (exact) mass is 1040 g/mol. The van der Waals surface area contributed by atoms with Crippen LogP contribution >= 0.6 is 0 Å². The first-order valence-electron chi connectivity index (χ1n) is 25.9. The molecule has 17 heteroatoms. The van der Waals surface area contributed by atoms with Gasteiger partial charge in [0.25, 0.3) is 0 Å². The summed E-state index contributed by atoms with van der Waals surface area (Å²) in [7, 11) is 0. The molecule has 5 aliphatic heterocycles.